The topological polar surface area (TPSA) is 183 Å². The van der Waals surface area contributed by atoms with Gasteiger partial charge in [0.1, 0.15) is 23.5 Å². The van der Waals surface area contributed by atoms with Gasteiger partial charge in [0, 0.05) is 13.1 Å². The molecule has 1 atom stereocenters. The molecule has 11 nitrogen and oxygen atoms in total. The van der Waals surface area contributed by atoms with Gasteiger partial charge in [-0.2, -0.15) is 4.91 Å². The molecular formula is C21H28N8O3. The van der Waals surface area contributed by atoms with Crippen molar-refractivity contribution in [1.29, 1.82) is 0 Å². The lowest BCUT2D eigenvalue weighted by molar-refractivity contribution is -0.128. The minimum Gasteiger partial charge on any atom is -0.383 e. The van der Waals surface area contributed by atoms with Crippen molar-refractivity contribution in [3.05, 3.63) is 52.2 Å². The summed E-state index contributed by atoms with van der Waals surface area (Å²) in [6.45, 7) is 2.81. The van der Waals surface area contributed by atoms with Crippen LogP contribution in [0.1, 0.15) is 46.8 Å². The van der Waals surface area contributed by atoms with Crippen molar-refractivity contribution in [2.45, 2.75) is 37.8 Å². The van der Waals surface area contributed by atoms with Gasteiger partial charge in [0.05, 0.1) is 18.1 Å². The van der Waals surface area contributed by atoms with E-state index in [1.807, 2.05) is 36.1 Å². The molecular weight excluding hydrogens is 412 g/mol. The number of aryl methyl sites for hydroxylation is 1. The standard InChI is InChI=1S/C21H28N8O3/c1-13-2-4-14(5-3-13)15(6-9-27-32)28-20(31)21(24)7-10-29(11-8-21)19-16(18(23)30)17(22)25-12-26-19/h2-5,12,15H,6-11,24H2,1H3,(H2,23,30)(H,28,31)(H2,22,25,26)/t15-/m0/s1. The van der Waals surface area contributed by atoms with E-state index in [0.29, 0.717) is 38.2 Å². The fourth-order valence-electron chi connectivity index (χ4n) is 3.81. The second-order valence-corrected chi connectivity index (χ2v) is 8.04. The third-order valence-corrected chi connectivity index (χ3v) is 5.80. The van der Waals surface area contributed by atoms with Gasteiger partial charge in [0.15, 0.2) is 0 Å². The van der Waals surface area contributed by atoms with Crippen LogP contribution in [0.15, 0.2) is 35.8 Å². The van der Waals surface area contributed by atoms with Gasteiger partial charge in [-0.25, -0.2) is 9.97 Å². The molecule has 3 rings (SSSR count). The Kier molecular flexibility index (Phi) is 6.98. The number of amides is 2. The van der Waals surface area contributed by atoms with E-state index >= 15 is 0 Å². The zero-order chi connectivity index (χ0) is 23.3. The first kappa shape index (κ1) is 23.1. The van der Waals surface area contributed by atoms with Gasteiger partial charge in [-0.1, -0.05) is 35.0 Å². The normalized spacial score (nSPS) is 16.2. The Morgan fingerprint density at radius 3 is 2.47 bits per heavy atom. The molecule has 2 amide bonds. The Hall–Kier alpha value is -3.60. The second-order valence-electron chi connectivity index (χ2n) is 8.04. The molecule has 1 saturated heterocycles. The van der Waals surface area contributed by atoms with Gasteiger partial charge in [0.2, 0.25) is 5.91 Å². The summed E-state index contributed by atoms with van der Waals surface area (Å²) in [5, 5.41) is 5.92. The van der Waals surface area contributed by atoms with Gasteiger partial charge in [-0.05, 0) is 31.7 Å². The van der Waals surface area contributed by atoms with Crippen LogP contribution in [0, 0.1) is 11.8 Å². The van der Waals surface area contributed by atoms with E-state index in [4.69, 9.17) is 17.2 Å². The SMILES string of the molecule is Cc1ccc([C@H](CCN=O)NC(=O)C2(N)CCN(c3ncnc(N)c3C(N)=O)CC2)cc1. The Bertz CT molecular complexity index is 987. The number of carbonyl (C=O) groups is 2. The van der Waals surface area contributed by atoms with Crippen LogP contribution in [0.25, 0.3) is 0 Å². The van der Waals surface area contributed by atoms with Crippen LogP contribution >= 0.6 is 0 Å². The molecule has 0 aliphatic carbocycles. The summed E-state index contributed by atoms with van der Waals surface area (Å²) >= 11 is 0. The van der Waals surface area contributed by atoms with E-state index in [2.05, 4.69) is 20.5 Å². The molecule has 2 heterocycles. The molecule has 2 aromatic rings. The molecule has 170 valence electrons. The molecule has 1 aliphatic heterocycles. The van der Waals surface area contributed by atoms with E-state index < -0.39 is 11.4 Å². The number of nitrogens with zero attached hydrogens (tertiary/aromatic N) is 4. The zero-order valence-electron chi connectivity index (χ0n) is 18.0. The lowest BCUT2D eigenvalue weighted by Gasteiger charge is -2.39. The Morgan fingerprint density at radius 2 is 1.88 bits per heavy atom. The number of aromatic nitrogens is 2. The van der Waals surface area contributed by atoms with Crippen LogP contribution in [0.3, 0.4) is 0 Å². The van der Waals surface area contributed by atoms with E-state index in [-0.39, 0.29) is 29.9 Å². The number of nitrogens with two attached hydrogens (primary N) is 3. The van der Waals surface area contributed by atoms with Gasteiger partial charge < -0.3 is 27.4 Å². The largest absolute Gasteiger partial charge is 0.383 e. The van der Waals surface area contributed by atoms with Crippen LogP contribution in [-0.4, -0.2) is 47.0 Å². The molecule has 1 aliphatic rings. The lowest BCUT2D eigenvalue weighted by atomic mass is 9.86. The van der Waals surface area contributed by atoms with Crippen LogP contribution < -0.4 is 27.4 Å². The maximum absolute atomic E-state index is 13.1. The summed E-state index contributed by atoms with van der Waals surface area (Å²) in [5.41, 5.74) is 18.6. The second kappa shape index (κ2) is 9.69. The third kappa shape index (κ3) is 4.99. The van der Waals surface area contributed by atoms with Gasteiger partial charge in [-0.15, -0.1) is 0 Å². The average Bonchev–Trinajstić information content (AvgIpc) is 2.77. The van der Waals surface area contributed by atoms with Crippen molar-refractivity contribution in [3.63, 3.8) is 0 Å². The molecule has 1 fully saturated rings. The number of primary amides is 1. The summed E-state index contributed by atoms with van der Waals surface area (Å²) in [5.74, 6) is -0.673. The van der Waals surface area contributed by atoms with Crippen LogP contribution in [0.5, 0.6) is 0 Å². The Morgan fingerprint density at radius 1 is 1.22 bits per heavy atom. The number of hydrogen-bond acceptors (Lipinski definition) is 9. The van der Waals surface area contributed by atoms with E-state index in [9.17, 15) is 14.5 Å². The number of rotatable bonds is 8. The average molecular weight is 441 g/mol. The monoisotopic (exact) mass is 440 g/mol. The van der Waals surface area contributed by atoms with Crippen molar-refractivity contribution in [3.8, 4) is 0 Å². The minimum atomic E-state index is -1.11. The highest BCUT2D eigenvalue weighted by atomic mass is 16.3. The highest BCUT2D eigenvalue weighted by Crippen LogP contribution is 2.28. The Labute approximate surface area is 185 Å². The summed E-state index contributed by atoms with van der Waals surface area (Å²) in [7, 11) is 0. The van der Waals surface area contributed by atoms with E-state index in [0.717, 1.165) is 11.1 Å². The van der Waals surface area contributed by atoms with Gasteiger partial charge in [0.25, 0.3) is 5.91 Å². The number of nitrogen functional groups attached to an aromatic ring is 1. The van der Waals surface area contributed by atoms with E-state index in [1.54, 1.807) is 0 Å². The number of anilines is 2. The molecule has 0 radical (unpaired) electrons. The molecule has 1 aromatic heterocycles. The van der Waals surface area contributed by atoms with E-state index in [1.165, 1.54) is 6.33 Å². The zero-order valence-corrected chi connectivity index (χ0v) is 18.0. The molecule has 1 aromatic carbocycles. The van der Waals surface area contributed by atoms with Crippen molar-refractivity contribution in [2.24, 2.45) is 16.6 Å². The van der Waals surface area contributed by atoms with Gasteiger partial charge in [-0.3, -0.25) is 9.59 Å². The van der Waals surface area contributed by atoms with Crippen LogP contribution in [-0.2, 0) is 4.79 Å². The summed E-state index contributed by atoms with van der Waals surface area (Å²) < 4.78 is 0. The van der Waals surface area contributed by atoms with Crippen molar-refractivity contribution >= 4 is 23.5 Å². The highest BCUT2D eigenvalue weighted by Gasteiger charge is 2.39. The fourth-order valence-corrected chi connectivity index (χ4v) is 3.81. The number of benzene rings is 1. The number of nitroso groups, excluding NO2 is 1. The van der Waals surface area contributed by atoms with Crippen LogP contribution in [0.2, 0.25) is 0 Å². The summed E-state index contributed by atoms with van der Waals surface area (Å²) in [4.78, 5) is 45.4. The number of hydrogen-bond donors (Lipinski definition) is 4. The third-order valence-electron chi connectivity index (χ3n) is 5.80. The molecule has 7 N–H and O–H groups in total. The quantitative estimate of drug-likeness (QED) is 0.434. The first-order valence-corrected chi connectivity index (χ1v) is 10.4. The predicted molar refractivity (Wildman–Crippen MR) is 121 cm³/mol. The molecule has 0 spiro atoms. The molecule has 11 heteroatoms. The molecule has 0 unspecified atom stereocenters. The number of piperidine rings is 1. The van der Waals surface area contributed by atoms with Gasteiger partial charge >= 0.3 is 0 Å². The molecule has 32 heavy (non-hydrogen) atoms. The highest BCUT2D eigenvalue weighted by molar-refractivity contribution is 6.02. The molecule has 0 bridgehead atoms. The number of nitrogens with one attached hydrogen (secondary N) is 1. The van der Waals surface area contributed by atoms with Crippen LogP contribution in [0.4, 0.5) is 11.6 Å². The van der Waals surface area contributed by atoms with Crippen molar-refractivity contribution in [2.75, 3.05) is 30.3 Å². The lowest BCUT2D eigenvalue weighted by Crippen LogP contribution is -2.60. The minimum absolute atomic E-state index is 0.00885. The first-order chi connectivity index (χ1) is 15.2. The summed E-state index contributed by atoms with van der Waals surface area (Å²) in [6, 6.07) is 7.36. The maximum Gasteiger partial charge on any atom is 0.256 e. The fraction of sp³-hybridized carbons (Fsp3) is 0.429. The van der Waals surface area contributed by atoms with Crippen molar-refractivity contribution < 1.29 is 9.59 Å². The predicted octanol–water partition coefficient (Wildman–Crippen LogP) is 0.778. The Balaban J connectivity index is 1.71. The smallest absolute Gasteiger partial charge is 0.256 e. The number of carbonyl (C=O) groups excluding carboxylic acids is 2. The first-order valence-electron chi connectivity index (χ1n) is 10.4. The molecule has 0 saturated carbocycles. The maximum atomic E-state index is 13.1. The summed E-state index contributed by atoms with van der Waals surface area (Å²) in [6.07, 6.45) is 2.30. The van der Waals surface area contributed by atoms with Crippen molar-refractivity contribution in [1.82, 2.24) is 15.3 Å².